The molecule has 0 amide bonds. The zero-order chi connectivity index (χ0) is 31.5. The lowest BCUT2D eigenvalue weighted by Crippen LogP contribution is -2.41. The quantitative estimate of drug-likeness (QED) is 0.0961. The highest BCUT2D eigenvalue weighted by Crippen LogP contribution is 2.30. The first-order chi connectivity index (χ1) is 19.9. The number of esters is 1. The minimum absolute atomic E-state index is 0.0315. The number of carbonyl (C=O) groups excluding carboxylic acids is 4. The highest BCUT2D eigenvalue weighted by molar-refractivity contribution is 5.76. The fourth-order valence-corrected chi connectivity index (χ4v) is 3.24. The maximum atomic E-state index is 12.4. The molecule has 0 aliphatic rings. The summed E-state index contributed by atoms with van der Waals surface area (Å²) in [6.07, 6.45) is -0.555. The third kappa shape index (κ3) is 16.7. The second kappa shape index (κ2) is 20.4. The Morgan fingerprint density at radius 1 is 0.667 bits per heavy atom. The molecular weight excluding hydrogens is 550 g/mol. The van der Waals surface area contributed by atoms with Gasteiger partial charge < -0.3 is 38.5 Å². The Labute approximate surface area is 248 Å². The number of benzene rings is 1. The number of nitrogens with one attached hydrogen (secondary N) is 1. The van der Waals surface area contributed by atoms with Crippen LogP contribution in [0.5, 0.6) is 11.5 Å². The molecule has 238 valence electrons. The molecule has 0 unspecified atom stereocenters. The molecule has 0 heterocycles. The SMILES string of the molecule is COC(=O)[C@H](Cc1ccc(OC(=O)OCCC(C)C)c(OC(=O)OCCC(C)C)c1)NCCOC(=O)OCCC(C)C. The van der Waals surface area contributed by atoms with Crippen molar-refractivity contribution in [2.24, 2.45) is 17.8 Å². The van der Waals surface area contributed by atoms with Crippen LogP contribution in [-0.2, 0) is 34.9 Å². The van der Waals surface area contributed by atoms with E-state index in [0.717, 1.165) is 6.42 Å². The van der Waals surface area contributed by atoms with Crippen LogP contribution in [0.2, 0.25) is 0 Å². The Bertz CT molecular complexity index is 978. The van der Waals surface area contributed by atoms with Crippen LogP contribution in [-0.4, -0.2) is 70.6 Å². The molecule has 0 saturated carbocycles. The lowest BCUT2D eigenvalue weighted by atomic mass is 10.1. The van der Waals surface area contributed by atoms with E-state index in [1.165, 1.54) is 19.2 Å². The van der Waals surface area contributed by atoms with Crippen LogP contribution in [0.25, 0.3) is 0 Å². The third-order valence-corrected chi connectivity index (χ3v) is 5.78. The van der Waals surface area contributed by atoms with E-state index in [4.69, 9.17) is 33.2 Å². The van der Waals surface area contributed by atoms with E-state index in [2.05, 4.69) is 5.32 Å². The van der Waals surface area contributed by atoms with Crippen molar-refractivity contribution in [3.8, 4) is 11.5 Å². The molecule has 1 aromatic rings. The van der Waals surface area contributed by atoms with E-state index in [0.29, 0.717) is 36.2 Å². The standard InChI is InChI=1S/C30H47NO11/c1-20(2)10-14-37-28(33)40-17-13-31-24(27(32)36-7)18-23-8-9-25(41-29(34)38-15-11-21(3)4)26(19-23)42-30(35)39-16-12-22(5)6/h8-9,19-22,24,31H,10-18H2,1-7H3/t24-/m0/s1. The zero-order valence-electron chi connectivity index (χ0n) is 25.9. The smallest absolute Gasteiger partial charge is 0.468 e. The maximum absolute atomic E-state index is 12.4. The fourth-order valence-electron chi connectivity index (χ4n) is 3.24. The molecule has 12 nitrogen and oxygen atoms in total. The molecule has 0 aliphatic carbocycles. The Morgan fingerprint density at radius 3 is 1.64 bits per heavy atom. The third-order valence-electron chi connectivity index (χ3n) is 5.78. The van der Waals surface area contributed by atoms with Gasteiger partial charge in [-0.15, -0.1) is 0 Å². The zero-order valence-corrected chi connectivity index (χ0v) is 25.9. The summed E-state index contributed by atoms with van der Waals surface area (Å²) in [7, 11) is 1.25. The van der Waals surface area contributed by atoms with Crippen molar-refractivity contribution < 1.29 is 52.3 Å². The van der Waals surface area contributed by atoms with Crippen molar-refractivity contribution in [3.63, 3.8) is 0 Å². The molecule has 0 saturated heterocycles. The van der Waals surface area contributed by atoms with Crippen molar-refractivity contribution in [1.29, 1.82) is 0 Å². The summed E-state index contributed by atoms with van der Waals surface area (Å²) >= 11 is 0. The highest BCUT2D eigenvalue weighted by atomic mass is 16.7. The van der Waals surface area contributed by atoms with Gasteiger partial charge >= 0.3 is 24.4 Å². The van der Waals surface area contributed by atoms with Crippen molar-refractivity contribution in [2.75, 3.05) is 40.1 Å². The predicted molar refractivity (Wildman–Crippen MR) is 154 cm³/mol. The number of methoxy groups -OCH3 is 1. The van der Waals surface area contributed by atoms with Gasteiger partial charge in [0.05, 0.1) is 26.9 Å². The summed E-state index contributed by atoms with van der Waals surface area (Å²) in [4.78, 5) is 48.7. The normalized spacial score (nSPS) is 11.7. The Balaban J connectivity index is 2.91. The van der Waals surface area contributed by atoms with Gasteiger partial charge in [0.1, 0.15) is 12.6 Å². The monoisotopic (exact) mass is 597 g/mol. The molecule has 1 N–H and O–H groups in total. The van der Waals surface area contributed by atoms with Crippen molar-refractivity contribution in [1.82, 2.24) is 5.32 Å². The van der Waals surface area contributed by atoms with E-state index < -0.39 is 30.5 Å². The molecule has 0 aromatic heterocycles. The van der Waals surface area contributed by atoms with Gasteiger partial charge in [0.15, 0.2) is 11.5 Å². The van der Waals surface area contributed by atoms with Gasteiger partial charge in [-0.2, -0.15) is 0 Å². The van der Waals surface area contributed by atoms with Gasteiger partial charge in [-0.25, -0.2) is 14.4 Å². The topological polar surface area (TPSA) is 145 Å². The van der Waals surface area contributed by atoms with Gasteiger partial charge in [0, 0.05) is 6.54 Å². The summed E-state index contributed by atoms with van der Waals surface area (Å²) in [6, 6.07) is 3.67. The predicted octanol–water partition coefficient (Wildman–Crippen LogP) is 5.68. The second-order valence-electron chi connectivity index (χ2n) is 10.9. The van der Waals surface area contributed by atoms with Gasteiger partial charge in [-0.1, -0.05) is 47.6 Å². The number of ether oxygens (including phenoxy) is 7. The van der Waals surface area contributed by atoms with Crippen LogP contribution in [0.3, 0.4) is 0 Å². The molecule has 0 aliphatic heterocycles. The fraction of sp³-hybridized carbons (Fsp3) is 0.667. The first-order valence-electron chi connectivity index (χ1n) is 14.3. The van der Waals surface area contributed by atoms with E-state index in [-0.39, 0.29) is 50.9 Å². The van der Waals surface area contributed by atoms with E-state index in [1.807, 2.05) is 41.5 Å². The first-order valence-corrected chi connectivity index (χ1v) is 14.3. The second-order valence-corrected chi connectivity index (χ2v) is 10.9. The lowest BCUT2D eigenvalue weighted by Gasteiger charge is -2.18. The minimum Gasteiger partial charge on any atom is -0.468 e. The van der Waals surface area contributed by atoms with E-state index in [1.54, 1.807) is 6.07 Å². The van der Waals surface area contributed by atoms with E-state index >= 15 is 0 Å². The molecule has 1 aromatic carbocycles. The average Bonchev–Trinajstić information content (AvgIpc) is 2.90. The molecule has 0 radical (unpaired) electrons. The van der Waals surface area contributed by atoms with Gasteiger partial charge in [-0.3, -0.25) is 4.79 Å². The van der Waals surface area contributed by atoms with E-state index in [9.17, 15) is 19.2 Å². The summed E-state index contributed by atoms with van der Waals surface area (Å²) in [6.45, 7) is 12.7. The summed E-state index contributed by atoms with van der Waals surface area (Å²) in [5.74, 6) is 0.359. The van der Waals surface area contributed by atoms with Crippen LogP contribution >= 0.6 is 0 Å². The Hall–Kier alpha value is -3.54. The molecule has 0 bridgehead atoms. The van der Waals surface area contributed by atoms with Gasteiger partial charge in [0.25, 0.3) is 0 Å². The van der Waals surface area contributed by atoms with Crippen molar-refractivity contribution in [2.45, 2.75) is 73.3 Å². The van der Waals surface area contributed by atoms with Crippen LogP contribution < -0.4 is 14.8 Å². The number of hydrogen-bond donors (Lipinski definition) is 1. The number of hydrogen-bond acceptors (Lipinski definition) is 12. The molecular formula is C30H47NO11. The Kier molecular flexibility index (Phi) is 17.7. The molecule has 0 fully saturated rings. The van der Waals surface area contributed by atoms with Crippen LogP contribution in [0.1, 0.15) is 66.4 Å². The number of carbonyl (C=O) groups is 4. The first kappa shape index (κ1) is 36.5. The van der Waals surface area contributed by atoms with Gasteiger partial charge in [0.2, 0.25) is 0 Å². The Morgan fingerprint density at radius 2 is 1.14 bits per heavy atom. The minimum atomic E-state index is -0.967. The molecule has 42 heavy (non-hydrogen) atoms. The summed E-state index contributed by atoms with van der Waals surface area (Å²) in [5, 5.41) is 2.98. The molecule has 0 spiro atoms. The molecule has 12 heteroatoms. The average molecular weight is 598 g/mol. The van der Waals surface area contributed by atoms with Crippen LogP contribution in [0, 0.1) is 17.8 Å². The van der Waals surface area contributed by atoms with Crippen molar-refractivity contribution >= 4 is 24.4 Å². The van der Waals surface area contributed by atoms with Gasteiger partial charge in [-0.05, 0) is 61.1 Å². The van der Waals surface area contributed by atoms with Crippen molar-refractivity contribution in [3.05, 3.63) is 23.8 Å². The van der Waals surface area contributed by atoms with Crippen LogP contribution in [0.15, 0.2) is 18.2 Å². The summed E-state index contributed by atoms with van der Waals surface area (Å²) < 4.78 is 35.8. The van der Waals surface area contributed by atoms with Crippen LogP contribution in [0.4, 0.5) is 14.4 Å². The molecule has 1 rings (SSSR count). The molecule has 1 atom stereocenters. The highest BCUT2D eigenvalue weighted by Gasteiger charge is 2.22. The lowest BCUT2D eigenvalue weighted by molar-refractivity contribution is -0.143. The maximum Gasteiger partial charge on any atom is 0.513 e. The number of rotatable bonds is 18. The largest absolute Gasteiger partial charge is 0.513 e. The summed E-state index contributed by atoms with van der Waals surface area (Å²) in [5.41, 5.74) is 0.553.